The largest absolute Gasteiger partial charge is 0.494 e. The lowest BCUT2D eigenvalue weighted by atomic mass is 9.79. The number of sulfonamides is 1. The van der Waals surface area contributed by atoms with Gasteiger partial charge in [0.15, 0.2) is 0 Å². The van der Waals surface area contributed by atoms with Crippen molar-refractivity contribution in [3.05, 3.63) is 53.0 Å². The molecule has 26 heavy (non-hydrogen) atoms. The van der Waals surface area contributed by atoms with Crippen molar-refractivity contribution in [2.45, 2.75) is 43.8 Å². The highest BCUT2D eigenvalue weighted by Gasteiger charge is 2.51. The van der Waals surface area contributed by atoms with E-state index in [4.69, 9.17) is 9.31 Å². The van der Waals surface area contributed by atoms with Crippen LogP contribution in [0.3, 0.4) is 0 Å². The van der Waals surface area contributed by atoms with Gasteiger partial charge in [-0.1, -0.05) is 34.1 Å². The standard InChI is InChI=1S/C18H21BBrNO4S/c1-17(2)18(3,4)25-19(24-17)13-7-5-9-15(11-13)21-26(22,23)16-10-6-8-14(20)12-16/h5-12,21H,1-4H3. The van der Waals surface area contributed by atoms with E-state index in [2.05, 4.69) is 20.7 Å². The molecule has 0 saturated carbocycles. The van der Waals surface area contributed by atoms with Gasteiger partial charge in [-0.15, -0.1) is 0 Å². The molecule has 8 heteroatoms. The second kappa shape index (κ2) is 6.67. The lowest BCUT2D eigenvalue weighted by Gasteiger charge is -2.32. The second-order valence-corrected chi connectivity index (χ2v) is 9.87. The Labute approximate surface area is 163 Å². The number of halogens is 1. The van der Waals surface area contributed by atoms with E-state index in [9.17, 15) is 8.42 Å². The molecule has 1 saturated heterocycles. The van der Waals surface area contributed by atoms with Crippen LogP contribution in [0.5, 0.6) is 0 Å². The first-order valence-electron chi connectivity index (χ1n) is 8.24. The fraction of sp³-hybridized carbons (Fsp3) is 0.333. The Morgan fingerprint density at radius 1 is 0.962 bits per heavy atom. The molecule has 5 nitrogen and oxygen atoms in total. The minimum atomic E-state index is -3.68. The maximum atomic E-state index is 12.6. The molecular weight excluding hydrogens is 417 g/mol. The monoisotopic (exact) mass is 437 g/mol. The molecule has 0 unspecified atom stereocenters. The molecule has 0 atom stereocenters. The zero-order valence-corrected chi connectivity index (χ0v) is 17.5. The van der Waals surface area contributed by atoms with Crippen molar-refractivity contribution in [1.82, 2.24) is 0 Å². The highest BCUT2D eigenvalue weighted by molar-refractivity contribution is 9.10. The van der Waals surface area contributed by atoms with Crippen LogP contribution < -0.4 is 10.2 Å². The van der Waals surface area contributed by atoms with Crippen LogP contribution in [0.4, 0.5) is 5.69 Å². The molecule has 2 aromatic rings. The summed E-state index contributed by atoms with van der Waals surface area (Å²) in [6.45, 7) is 7.92. The first kappa shape index (κ1) is 19.4. The number of anilines is 1. The number of hydrogen-bond donors (Lipinski definition) is 1. The van der Waals surface area contributed by atoms with Gasteiger partial charge in [0.1, 0.15) is 0 Å². The Hall–Kier alpha value is -1.35. The Morgan fingerprint density at radius 2 is 1.58 bits per heavy atom. The maximum absolute atomic E-state index is 12.6. The summed E-state index contributed by atoms with van der Waals surface area (Å²) in [5.41, 5.74) is 0.308. The van der Waals surface area contributed by atoms with E-state index < -0.39 is 28.3 Å². The number of nitrogens with one attached hydrogen (secondary N) is 1. The topological polar surface area (TPSA) is 64.6 Å². The summed E-state index contributed by atoms with van der Waals surface area (Å²) in [7, 11) is -4.23. The number of hydrogen-bond acceptors (Lipinski definition) is 4. The van der Waals surface area contributed by atoms with Gasteiger partial charge < -0.3 is 9.31 Å². The van der Waals surface area contributed by atoms with Crippen molar-refractivity contribution in [2.75, 3.05) is 4.72 Å². The van der Waals surface area contributed by atoms with Crippen LogP contribution in [0.2, 0.25) is 0 Å². The van der Waals surface area contributed by atoms with Crippen molar-refractivity contribution in [1.29, 1.82) is 0 Å². The van der Waals surface area contributed by atoms with Crippen molar-refractivity contribution < 1.29 is 17.7 Å². The molecule has 1 aliphatic heterocycles. The molecule has 1 heterocycles. The Balaban J connectivity index is 1.85. The first-order chi connectivity index (χ1) is 12.0. The Kier molecular flexibility index (Phi) is 4.98. The van der Waals surface area contributed by atoms with E-state index in [0.29, 0.717) is 10.2 Å². The zero-order chi connectivity index (χ0) is 19.2. The molecule has 0 spiro atoms. The summed E-state index contributed by atoms with van der Waals surface area (Å²) in [6.07, 6.45) is 0. The number of benzene rings is 2. The van der Waals surface area contributed by atoms with Crippen LogP contribution in [-0.4, -0.2) is 26.7 Å². The van der Waals surface area contributed by atoms with Gasteiger partial charge in [-0.3, -0.25) is 4.72 Å². The van der Waals surface area contributed by atoms with Crippen molar-refractivity contribution in [3.8, 4) is 0 Å². The third kappa shape index (κ3) is 3.83. The third-order valence-electron chi connectivity index (χ3n) is 4.77. The molecule has 0 aliphatic carbocycles. The van der Waals surface area contributed by atoms with Gasteiger partial charge in [0.2, 0.25) is 0 Å². The highest BCUT2D eigenvalue weighted by Crippen LogP contribution is 2.36. The van der Waals surface area contributed by atoms with Gasteiger partial charge in [-0.2, -0.15) is 0 Å². The van der Waals surface area contributed by atoms with E-state index in [1.807, 2.05) is 33.8 Å². The van der Waals surface area contributed by atoms with E-state index in [1.165, 1.54) is 0 Å². The van der Waals surface area contributed by atoms with E-state index in [-0.39, 0.29) is 4.90 Å². The van der Waals surface area contributed by atoms with Crippen LogP contribution in [-0.2, 0) is 19.3 Å². The van der Waals surface area contributed by atoms with E-state index in [1.54, 1.807) is 42.5 Å². The summed E-state index contributed by atoms with van der Waals surface area (Å²) in [5, 5.41) is 0. The smallest absolute Gasteiger partial charge is 0.399 e. The van der Waals surface area contributed by atoms with Crippen molar-refractivity contribution in [3.63, 3.8) is 0 Å². The maximum Gasteiger partial charge on any atom is 0.494 e. The third-order valence-corrected chi connectivity index (χ3v) is 6.64. The summed E-state index contributed by atoms with van der Waals surface area (Å²) in [4.78, 5) is 0.188. The molecule has 138 valence electrons. The Morgan fingerprint density at radius 3 is 2.19 bits per heavy atom. The normalized spacial score (nSPS) is 18.7. The summed E-state index contributed by atoms with van der Waals surface area (Å²) in [5.74, 6) is 0. The van der Waals surface area contributed by atoms with Crippen LogP contribution in [0.25, 0.3) is 0 Å². The van der Waals surface area contributed by atoms with E-state index >= 15 is 0 Å². The fourth-order valence-electron chi connectivity index (χ4n) is 2.58. The lowest BCUT2D eigenvalue weighted by molar-refractivity contribution is 0.00578. The van der Waals surface area contributed by atoms with Crippen LogP contribution in [0.15, 0.2) is 57.9 Å². The predicted octanol–water partition coefficient (Wildman–Crippen LogP) is 3.55. The minimum Gasteiger partial charge on any atom is -0.399 e. The zero-order valence-electron chi connectivity index (χ0n) is 15.1. The minimum absolute atomic E-state index is 0.188. The Bertz CT molecular complexity index is 914. The van der Waals surface area contributed by atoms with Gasteiger partial charge in [0, 0.05) is 10.2 Å². The number of rotatable bonds is 4. The molecule has 1 N–H and O–H groups in total. The fourth-order valence-corrected chi connectivity index (χ4v) is 4.22. The molecule has 1 fully saturated rings. The van der Waals surface area contributed by atoms with Crippen LogP contribution in [0, 0.1) is 0 Å². The molecule has 0 radical (unpaired) electrons. The van der Waals surface area contributed by atoms with Crippen LogP contribution in [0.1, 0.15) is 27.7 Å². The van der Waals surface area contributed by atoms with Crippen molar-refractivity contribution in [2.24, 2.45) is 0 Å². The summed E-state index contributed by atoms with van der Waals surface area (Å²) in [6, 6.07) is 13.6. The molecule has 0 aromatic heterocycles. The lowest BCUT2D eigenvalue weighted by Crippen LogP contribution is -2.41. The predicted molar refractivity (Wildman–Crippen MR) is 107 cm³/mol. The summed E-state index contributed by atoms with van der Waals surface area (Å²) < 4.78 is 40.6. The molecule has 3 rings (SSSR count). The van der Waals surface area contributed by atoms with Gasteiger partial charge >= 0.3 is 7.12 Å². The van der Waals surface area contributed by atoms with E-state index in [0.717, 1.165) is 5.46 Å². The van der Waals surface area contributed by atoms with Crippen molar-refractivity contribution >= 4 is 44.2 Å². The molecule has 2 aromatic carbocycles. The van der Waals surface area contributed by atoms with Gasteiger partial charge in [-0.05, 0) is 63.5 Å². The van der Waals surface area contributed by atoms with Gasteiger partial charge in [-0.25, -0.2) is 8.42 Å². The average molecular weight is 438 g/mol. The molecule has 0 amide bonds. The molecule has 1 aliphatic rings. The highest BCUT2D eigenvalue weighted by atomic mass is 79.9. The quantitative estimate of drug-likeness (QED) is 0.742. The molecule has 0 bridgehead atoms. The first-order valence-corrected chi connectivity index (χ1v) is 10.5. The second-order valence-electron chi connectivity index (χ2n) is 7.28. The SMILES string of the molecule is CC1(C)OB(c2cccc(NS(=O)(=O)c3cccc(Br)c3)c2)OC1(C)C. The van der Waals surface area contributed by atoms with Crippen LogP contribution >= 0.6 is 15.9 Å². The van der Waals surface area contributed by atoms with Gasteiger partial charge in [0.25, 0.3) is 10.0 Å². The molecular formula is C18H21BBrNO4S. The average Bonchev–Trinajstić information content (AvgIpc) is 2.75. The van der Waals surface area contributed by atoms with Gasteiger partial charge in [0.05, 0.1) is 16.1 Å². The summed E-state index contributed by atoms with van der Waals surface area (Å²) >= 11 is 3.29.